The van der Waals surface area contributed by atoms with Crippen LogP contribution < -0.4 is 5.73 Å². The van der Waals surface area contributed by atoms with Gasteiger partial charge in [0.05, 0.1) is 6.61 Å². The van der Waals surface area contributed by atoms with Crippen molar-refractivity contribution in [3.05, 3.63) is 34.9 Å². The Labute approximate surface area is 81.7 Å². The molecule has 78 valence electrons. The fourth-order valence-corrected chi connectivity index (χ4v) is 1.24. The first-order chi connectivity index (χ1) is 6.69. The third-order valence-corrected chi connectivity index (χ3v) is 1.93. The molecule has 0 amide bonds. The van der Waals surface area contributed by atoms with E-state index >= 15 is 0 Å². The van der Waals surface area contributed by atoms with Crippen molar-refractivity contribution in [2.24, 2.45) is 5.73 Å². The number of rotatable bonds is 4. The second-order valence-corrected chi connectivity index (χ2v) is 3.01. The van der Waals surface area contributed by atoms with Crippen molar-refractivity contribution in [2.45, 2.75) is 13.0 Å². The van der Waals surface area contributed by atoms with E-state index in [1.807, 2.05) is 0 Å². The Kier molecular flexibility index (Phi) is 3.98. The monoisotopic (exact) mass is 201 g/mol. The lowest BCUT2D eigenvalue weighted by Crippen LogP contribution is -2.06. The summed E-state index contributed by atoms with van der Waals surface area (Å²) in [5.41, 5.74) is 5.80. The van der Waals surface area contributed by atoms with Crippen molar-refractivity contribution in [3.63, 3.8) is 0 Å². The van der Waals surface area contributed by atoms with Crippen molar-refractivity contribution in [2.75, 3.05) is 13.7 Å². The minimum atomic E-state index is -0.448. The molecule has 0 aliphatic rings. The van der Waals surface area contributed by atoms with Crippen LogP contribution in [-0.2, 0) is 17.8 Å². The highest BCUT2D eigenvalue weighted by atomic mass is 19.1. The number of halogens is 2. The summed E-state index contributed by atoms with van der Waals surface area (Å²) in [5, 5.41) is 0. The maximum Gasteiger partial charge on any atom is 0.129 e. The predicted molar refractivity (Wildman–Crippen MR) is 49.8 cm³/mol. The lowest BCUT2D eigenvalue weighted by molar-refractivity contribution is 0.181. The van der Waals surface area contributed by atoms with Crippen LogP contribution in [0.25, 0.3) is 0 Å². The SMILES string of the molecule is COCc1cc(F)c(CCN)cc1F. The highest BCUT2D eigenvalue weighted by molar-refractivity contribution is 5.26. The molecule has 1 aromatic rings. The van der Waals surface area contributed by atoms with Gasteiger partial charge in [-0.15, -0.1) is 0 Å². The third-order valence-electron chi connectivity index (χ3n) is 1.93. The number of hydrogen-bond donors (Lipinski definition) is 1. The summed E-state index contributed by atoms with van der Waals surface area (Å²) in [6.07, 6.45) is 0.343. The normalized spacial score (nSPS) is 10.6. The Hall–Kier alpha value is -1.00. The summed E-state index contributed by atoms with van der Waals surface area (Å²) in [6.45, 7) is 0.381. The van der Waals surface area contributed by atoms with Crippen LogP contribution >= 0.6 is 0 Å². The number of ether oxygens (including phenoxy) is 1. The molecule has 0 fully saturated rings. The third kappa shape index (κ3) is 2.49. The molecule has 0 radical (unpaired) electrons. The Morgan fingerprint density at radius 3 is 2.36 bits per heavy atom. The Morgan fingerprint density at radius 1 is 1.21 bits per heavy atom. The van der Waals surface area contributed by atoms with Crippen LogP contribution in [0.15, 0.2) is 12.1 Å². The number of hydrogen-bond acceptors (Lipinski definition) is 2. The second kappa shape index (κ2) is 5.02. The van der Waals surface area contributed by atoms with E-state index in [-0.39, 0.29) is 12.2 Å². The zero-order valence-corrected chi connectivity index (χ0v) is 8.02. The number of benzene rings is 1. The fraction of sp³-hybridized carbons (Fsp3) is 0.400. The Balaban J connectivity index is 2.97. The maximum atomic E-state index is 13.3. The molecule has 2 nitrogen and oxygen atoms in total. The van der Waals surface area contributed by atoms with Gasteiger partial charge in [0, 0.05) is 12.7 Å². The van der Waals surface area contributed by atoms with Gasteiger partial charge in [0.15, 0.2) is 0 Å². The van der Waals surface area contributed by atoms with E-state index in [2.05, 4.69) is 0 Å². The molecule has 14 heavy (non-hydrogen) atoms. The quantitative estimate of drug-likeness (QED) is 0.803. The fourth-order valence-electron chi connectivity index (χ4n) is 1.24. The average molecular weight is 201 g/mol. The molecule has 0 saturated carbocycles. The molecule has 0 unspecified atom stereocenters. The molecule has 4 heteroatoms. The topological polar surface area (TPSA) is 35.2 Å². The summed E-state index contributed by atoms with van der Waals surface area (Å²) in [7, 11) is 1.44. The molecular formula is C10H13F2NO. The van der Waals surface area contributed by atoms with Gasteiger partial charge < -0.3 is 10.5 Å². The minimum Gasteiger partial charge on any atom is -0.380 e. The largest absolute Gasteiger partial charge is 0.380 e. The molecule has 0 saturated heterocycles. The molecule has 0 heterocycles. The van der Waals surface area contributed by atoms with Crippen LogP contribution in [-0.4, -0.2) is 13.7 Å². The molecule has 0 aliphatic heterocycles. The second-order valence-electron chi connectivity index (χ2n) is 3.01. The van der Waals surface area contributed by atoms with E-state index in [0.717, 1.165) is 6.07 Å². The Bertz CT molecular complexity index is 283. The summed E-state index contributed by atoms with van der Waals surface area (Å²) in [6, 6.07) is 2.33. The smallest absolute Gasteiger partial charge is 0.129 e. The van der Waals surface area contributed by atoms with Gasteiger partial charge in [-0.2, -0.15) is 0 Å². The van der Waals surface area contributed by atoms with Gasteiger partial charge in [-0.1, -0.05) is 0 Å². The molecule has 0 atom stereocenters. The highest BCUT2D eigenvalue weighted by Gasteiger charge is 2.08. The van der Waals surface area contributed by atoms with Crippen molar-refractivity contribution < 1.29 is 13.5 Å². The van der Waals surface area contributed by atoms with Crippen molar-refractivity contribution in [3.8, 4) is 0 Å². The summed E-state index contributed by atoms with van der Waals surface area (Å²) in [4.78, 5) is 0. The van der Waals surface area contributed by atoms with Gasteiger partial charge in [-0.25, -0.2) is 8.78 Å². The van der Waals surface area contributed by atoms with Crippen LogP contribution in [0.4, 0.5) is 8.78 Å². The van der Waals surface area contributed by atoms with Gasteiger partial charge in [-0.3, -0.25) is 0 Å². The summed E-state index contributed by atoms with van der Waals surface area (Å²) in [5.74, 6) is -0.874. The van der Waals surface area contributed by atoms with Crippen LogP contribution in [0, 0.1) is 11.6 Å². The van der Waals surface area contributed by atoms with Crippen LogP contribution in [0.3, 0.4) is 0 Å². The van der Waals surface area contributed by atoms with E-state index in [1.54, 1.807) is 0 Å². The molecule has 0 aromatic heterocycles. The van der Waals surface area contributed by atoms with Crippen LogP contribution in [0.1, 0.15) is 11.1 Å². The zero-order chi connectivity index (χ0) is 10.6. The Morgan fingerprint density at radius 2 is 1.79 bits per heavy atom. The lowest BCUT2D eigenvalue weighted by atomic mass is 10.1. The first-order valence-corrected chi connectivity index (χ1v) is 4.34. The van der Waals surface area contributed by atoms with E-state index in [1.165, 1.54) is 13.2 Å². The van der Waals surface area contributed by atoms with Gasteiger partial charge in [0.2, 0.25) is 0 Å². The van der Waals surface area contributed by atoms with E-state index in [9.17, 15) is 8.78 Å². The number of methoxy groups -OCH3 is 1. The minimum absolute atomic E-state index is 0.0751. The lowest BCUT2D eigenvalue weighted by Gasteiger charge is -2.06. The molecule has 0 spiro atoms. The van der Waals surface area contributed by atoms with Crippen molar-refractivity contribution >= 4 is 0 Å². The van der Waals surface area contributed by atoms with Gasteiger partial charge in [-0.05, 0) is 30.7 Å². The van der Waals surface area contributed by atoms with Crippen LogP contribution in [0.5, 0.6) is 0 Å². The highest BCUT2D eigenvalue weighted by Crippen LogP contribution is 2.15. The van der Waals surface area contributed by atoms with Crippen LogP contribution in [0.2, 0.25) is 0 Å². The average Bonchev–Trinajstić information content (AvgIpc) is 2.14. The molecular weight excluding hydrogens is 188 g/mol. The molecule has 1 aromatic carbocycles. The first-order valence-electron chi connectivity index (χ1n) is 4.34. The summed E-state index contributed by atoms with van der Waals surface area (Å²) < 4.78 is 31.2. The van der Waals surface area contributed by atoms with Gasteiger partial charge in [0.1, 0.15) is 11.6 Å². The molecule has 0 aliphatic carbocycles. The molecule has 1 rings (SSSR count). The van der Waals surface area contributed by atoms with Crippen molar-refractivity contribution in [1.82, 2.24) is 0 Å². The standard InChI is InChI=1S/C10H13F2NO/c1-14-6-8-5-9(11)7(2-3-13)4-10(8)12/h4-5H,2-3,6,13H2,1H3. The van der Waals surface area contributed by atoms with E-state index < -0.39 is 11.6 Å². The van der Waals surface area contributed by atoms with Crippen molar-refractivity contribution in [1.29, 1.82) is 0 Å². The first kappa shape index (κ1) is 11.1. The van der Waals surface area contributed by atoms with Gasteiger partial charge in [0.25, 0.3) is 0 Å². The maximum absolute atomic E-state index is 13.3. The molecule has 0 bridgehead atoms. The van der Waals surface area contributed by atoms with Gasteiger partial charge >= 0.3 is 0 Å². The molecule has 2 N–H and O–H groups in total. The van der Waals surface area contributed by atoms with E-state index in [0.29, 0.717) is 18.5 Å². The number of nitrogens with two attached hydrogens (primary N) is 1. The zero-order valence-electron chi connectivity index (χ0n) is 8.02. The van der Waals surface area contributed by atoms with E-state index in [4.69, 9.17) is 10.5 Å². The predicted octanol–water partition coefficient (Wildman–Crippen LogP) is 1.61. The summed E-state index contributed by atoms with van der Waals surface area (Å²) >= 11 is 0.